The molecule has 0 spiro atoms. The van der Waals surface area contributed by atoms with Gasteiger partial charge in [-0.05, 0) is 25.5 Å². The zero-order valence-electron chi connectivity index (χ0n) is 10.2. The third kappa shape index (κ3) is 2.42. The van der Waals surface area contributed by atoms with Crippen LogP contribution in [-0.2, 0) is 4.74 Å². The summed E-state index contributed by atoms with van der Waals surface area (Å²) in [6.07, 6.45) is 0.715. The van der Waals surface area contributed by atoms with Crippen LogP contribution in [0.25, 0.3) is 0 Å². The molecule has 1 aromatic carbocycles. The van der Waals surface area contributed by atoms with E-state index >= 15 is 0 Å². The van der Waals surface area contributed by atoms with E-state index < -0.39 is 0 Å². The second kappa shape index (κ2) is 5.19. The fraction of sp³-hybridized carbons (Fsp3) is 0.462. The molecule has 1 saturated heterocycles. The fourth-order valence-electron chi connectivity index (χ4n) is 2.00. The Kier molecular flexibility index (Phi) is 3.64. The number of hydrogen-bond donors (Lipinski definition) is 0. The van der Waals surface area contributed by atoms with Crippen LogP contribution in [0.3, 0.4) is 0 Å². The lowest BCUT2D eigenvalue weighted by molar-refractivity contribution is -0.0662. The van der Waals surface area contributed by atoms with Crippen molar-refractivity contribution in [1.82, 2.24) is 4.90 Å². The highest BCUT2D eigenvalue weighted by molar-refractivity contribution is 5.97. The number of benzene rings is 1. The summed E-state index contributed by atoms with van der Waals surface area (Å²) in [4.78, 5) is 14.1. The first kappa shape index (κ1) is 11.9. The molecule has 1 heterocycles. The first-order valence-corrected chi connectivity index (χ1v) is 5.79. The van der Waals surface area contributed by atoms with Crippen LogP contribution in [0.15, 0.2) is 24.3 Å². The number of rotatable bonds is 2. The zero-order valence-corrected chi connectivity index (χ0v) is 10.2. The van der Waals surface area contributed by atoms with Crippen molar-refractivity contribution in [2.75, 3.05) is 20.3 Å². The van der Waals surface area contributed by atoms with E-state index in [1.165, 1.54) is 0 Å². The molecule has 1 aliphatic rings. The van der Waals surface area contributed by atoms with Gasteiger partial charge < -0.3 is 14.4 Å². The van der Waals surface area contributed by atoms with Crippen molar-refractivity contribution < 1.29 is 14.3 Å². The van der Waals surface area contributed by atoms with E-state index in [0.29, 0.717) is 11.3 Å². The topological polar surface area (TPSA) is 38.8 Å². The maximum Gasteiger partial charge on any atom is 0.259 e. The van der Waals surface area contributed by atoms with Crippen molar-refractivity contribution in [3.63, 3.8) is 0 Å². The predicted molar refractivity (Wildman–Crippen MR) is 64.1 cm³/mol. The maximum absolute atomic E-state index is 12.4. The molecule has 92 valence electrons. The van der Waals surface area contributed by atoms with Crippen LogP contribution in [0, 0.1) is 0 Å². The van der Waals surface area contributed by atoms with Gasteiger partial charge >= 0.3 is 0 Å². The van der Waals surface area contributed by atoms with E-state index in [1.54, 1.807) is 24.1 Å². The van der Waals surface area contributed by atoms with Gasteiger partial charge in [0, 0.05) is 6.54 Å². The van der Waals surface area contributed by atoms with E-state index in [2.05, 4.69) is 0 Å². The van der Waals surface area contributed by atoms with E-state index in [0.717, 1.165) is 19.6 Å². The minimum atomic E-state index is -0.166. The Bertz CT molecular complexity index is 405. The van der Waals surface area contributed by atoms with E-state index in [1.807, 2.05) is 19.1 Å². The van der Waals surface area contributed by atoms with Crippen molar-refractivity contribution >= 4 is 5.91 Å². The normalized spacial score (nSPS) is 20.1. The number of methoxy groups -OCH3 is 1. The van der Waals surface area contributed by atoms with E-state index in [-0.39, 0.29) is 12.1 Å². The summed E-state index contributed by atoms with van der Waals surface area (Å²) in [7, 11) is 1.57. The van der Waals surface area contributed by atoms with Gasteiger partial charge in [-0.2, -0.15) is 0 Å². The maximum atomic E-state index is 12.4. The van der Waals surface area contributed by atoms with Crippen LogP contribution >= 0.6 is 0 Å². The Hall–Kier alpha value is -1.55. The van der Waals surface area contributed by atoms with Gasteiger partial charge in [-0.25, -0.2) is 0 Å². The molecule has 0 N–H and O–H groups in total. The van der Waals surface area contributed by atoms with Crippen LogP contribution in [0.1, 0.15) is 23.7 Å². The summed E-state index contributed by atoms with van der Waals surface area (Å²) in [6, 6.07) is 7.27. The minimum absolute atomic E-state index is 0.0327. The molecule has 0 radical (unpaired) electrons. The molecule has 1 aromatic rings. The molecular weight excluding hydrogens is 218 g/mol. The Balaban J connectivity index is 2.23. The second-order valence-electron chi connectivity index (χ2n) is 4.02. The van der Waals surface area contributed by atoms with E-state index in [9.17, 15) is 4.79 Å². The lowest BCUT2D eigenvalue weighted by Gasteiger charge is -2.33. The average molecular weight is 235 g/mol. The summed E-state index contributed by atoms with van der Waals surface area (Å²) < 4.78 is 10.7. The molecule has 1 amide bonds. The molecule has 1 aliphatic heterocycles. The van der Waals surface area contributed by atoms with Gasteiger partial charge in [0.05, 0.1) is 19.3 Å². The van der Waals surface area contributed by atoms with Gasteiger partial charge in [0.2, 0.25) is 0 Å². The third-order valence-corrected chi connectivity index (χ3v) is 2.94. The quantitative estimate of drug-likeness (QED) is 0.786. The SMILES string of the molecule is COc1ccccc1C(=O)N1CCCOC1C. The summed E-state index contributed by atoms with van der Waals surface area (Å²) in [5.74, 6) is 0.574. The van der Waals surface area contributed by atoms with Crippen molar-refractivity contribution in [2.45, 2.75) is 19.6 Å². The number of amides is 1. The summed E-state index contributed by atoms with van der Waals surface area (Å²) in [5.41, 5.74) is 0.590. The summed E-state index contributed by atoms with van der Waals surface area (Å²) in [5, 5.41) is 0. The molecule has 0 saturated carbocycles. The Morgan fingerprint density at radius 1 is 1.47 bits per heavy atom. The smallest absolute Gasteiger partial charge is 0.259 e. The molecule has 1 atom stereocenters. The van der Waals surface area contributed by atoms with Crippen LogP contribution in [-0.4, -0.2) is 37.3 Å². The van der Waals surface area contributed by atoms with Gasteiger partial charge in [0.25, 0.3) is 5.91 Å². The molecule has 1 fully saturated rings. The molecular formula is C13H17NO3. The van der Waals surface area contributed by atoms with Crippen molar-refractivity contribution in [2.24, 2.45) is 0 Å². The molecule has 4 heteroatoms. The van der Waals surface area contributed by atoms with Gasteiger partial charge in [-0.15, -0.1) is 0 Å². The highest BCUT2D eigenvalue weighted by Gasteiger charge is 2.26. The van der Waals surface area contributed by atoms with Crippen molar-refractivity contribution in [3.05, 3.63) is 29.8 Å². The summed E-state index contributed by atoms with van der Waals surface area (Å²) >= 11 is 0. The lowest BCUT2D eigenvalue weighted by atomic mass is 10.1. The average Bonchev–Trinajstić information content (AvgIpc) is 2.38. The molecule has 0 aromatic heterocycles. The number of nitrogens with zero attached hydrogens (tertiary/aromatic N) is 1. The monoisotopic (exact) mass is 235 g/mol. The Morgan fingerprint density at radius 3 is 2.94 bits per heavy atom. The molecule has 2 rings (SSSR count). The first-order chi connectivity index (χ1) is 8.24. The van der Waals surface area contributed by atoms with Crippen LogP contribution in [0.2, 0.25) is 0 Å². The predicted octanol–water partition coefficient (Wildman–Crippen LogP) is 1.90. The van der Waals surface area contributed by atoms with E-state index in [4.69, 9.17) is 9.47 Å². The zero-order chi connectivity index (χ0) is 12.3. The van der Waals surface area contributed by atoms with Gasteiger partial charge in [0.1, 0.15) is 12.0 Å². The standard InChI is InChI=1S/C13H17NO3/c1-10-14(8-5-9-17-10)13(15)11-6-3-4-7-12(11)16-2/h3-4,6-7,10H,5,8-9H2,1-2H3. The number of hydrogen-bond acceptors (Lipinski definition) is 3. The lowest BCUT2D eigenvalue weighted by Crippen LogP contribution is -2.44. The van der Waals surface area contributed by atoms with Crippen molar-refractivity contribution in [3.8, 4) is 5.75 Å². The molecule has 4 nitrogen and oxygen atoms in total. The van der Waals surface area contributed by atoms with Crippen LogP contribution in [0.5, 0.6) is 5.75 Å². The Morgan fingerprint density at radius 2 is 2.24 bits per heavy atom. The molecule has 1 unspecified atom stereocenters. The Labute approximate surface area is 101 Å². The molecule has 17 heavy (non-hydrogen) atoms. The molecule has 0 bridgehead atoms. The minimum Gasteiger partial charge on any atom is -0.496 e. The van der Waals surface area contributed by atoms with Gasteiger partial charge in [0.15, 0.2) is 0 Å². The number of para-hydroxylation sites is 1. The third-order valence-electron chi connectivity index (χ3n) is 2.94. The van der Waals surface area contributed by atoms with Gasteiger partial charge in [-0.1, -0.05) is 12.1 Å². The highest BCUT2D eigenvalue weighted by Crippen LogP contribution is 2.22. The second-order valence-corrected chi connectivity index (χ2v) is 4.02. The number of carbonyl (C=O) groups excluding carboxylic acids is 1. The first-order valence-electron chi connectivity index (χ1n) is 5.79. The van der Waals surface area contributed by atoms with Gasteiger partial charge in [-0.3, -0.25) is 4.79 Å². The van der Waals surface area contributed by atoms with Crippen molar-refractivity contribution in [1.29, 1.82) is 0 Å². The van der Waals surface area contributed by atoms with Crippen LogP contribution < -0.4 is 4.74 Å². The molecule has 0 aliphatic carbocycles. The largest absolute Gasteiger partial charge is 0.496 e. The summed E-state index contributed by atoms with van der Waals surface area (Å²) in [6.45, 7) is 3.35. The van der Waals surface area contributed by atoms with Crippen LogP contribution in [0.4, 0.5) is 0 Å². The fourth-order valence-corrected chi connectivity index (χ4v) is 2.00. The number of ether oxygens (including phenoxy) is 2. The highest BCUT2D eigenvalue weighted by atomic mass is 16.5. The number of carbonyl (C=O) groups is 1.